The van der Waals surface area contributed by atoms with E-state index in [1.165, 1.54) is 19.2 Å². The van der Waals surface area contributed by atoms with E-state index in [1.54, 1.807) is 0 Å². The molecule has 8 heteroatoms. The number of hydrogen-bond donors (Lipinski definition) is 2. The van der Waals surface area contributed by atoms with Crippen molar-refractivity contribution < 1.29 is 18.3 Å². The third kappa shape index (κ3) is 4.51. The van der Waals surface area contributed by atoms with E-state index in [4.69, 9.17) is 22.1 Å². The molecule has 0 unspecified atom stereocenters. The predicted molar refractivity (Wildman–Crippen MR) is 106 cm³/mol. The summed E-state index contributed by atoms with van der Waals surface area (Å²) >= 11 is 6.07. The summed E-state index contributed by atoms with van der Waals surface area (Å²) in [7, 11) is 1.47. The first-order chi connectivity index (χ1) is 13.3. The number of anilines is 1. The van der Waals surface area contributed by atoms with Gasteiger partial charge in [0.15, 0.2) is 0 Å². The van der Waals surface area contributed by atoms with Crippen molar-refractivity contribution in [2.45, 2.75) is 56.4 Å². The lowest BCUT2D eigenvalue weighted by Crippen LogP contribution is -2.59. The second-order valence-electron chi connectivity index (χ2n) is 7.88. The third-order valence-electron chi connectivity index (χ3n) is 6.09. The van der Waals surface area contributed by atoms with Gasteiger partial charge >= 0.3 is 0 Å². The molecular weight excluding hydrogens is 388 g/mol. The van der Waals surface area contributed by atoms with Gasteiger partial charge in [0.05, 0.1) is 23.4 Å². The predicted octanol–water partition coefficient (Wildman–Crippen LogP) is 4.09. The molecular formula is C20H28ClF2N3O2. The Kier molecular flexibility index (Phi) is 6.34. The summed E-state index contributed by atoms with van der Waals surface area (Å²) in [5.74, 6) is -2.52. The number of likely N-dealkylation sites (tertiary alicyclic amines) is 1. The van der Waals surface area contributed by atoms with Gasteiger partial charge in [0.25, 0.3) is 11.8 Å². The lowest BCUT2D eigenvalue weighted by molar-refractivity contribution is -0.0846. The van der Waals surface area contributed by atoms with Crippen molar-refractivity contribution in [3.63, 3.8) is 0 Å². The van der Waals surface area contributed by atoms with Gasteiger partial charge in [-0.2, -0.15) is 0 Å². The Bertz CT molecular complexity index is 714. The molecule has 1 heterocycles. The first-order valence-corrected chi connectivity index (χ1v) is 10.2. The van der Waals surface area contributed by atoms with Crippen molar-refractivity contribution in [1.29, 1.82) is 0 Å². The van der Waals surface area contributed by atoms with Crippen molar-refractivity contribution >= 4 is 23.2 Å². The summed E-state index contributed by atoms with van der Waals surface area (Å²) in [6, 6.07) is 3.03. The number of halogens is 3. The molecule has 1 aliphatic heterocycles. The van der Waals surface area contributed by atoms with Gasteiger partial charge < -0.3 is 15.8 Å². The van der Waals surface area contributed by atoms with Crippen LogP contribution in [0.1, 0.15) is 55.3 Å². The fraction of sp³-hybridized carbons (Fsp3) is 0.650. The monoisotopic (exact) mass is 415 g/mol. The Morgan fingerprint density at radius 1 is 1.21 bits per heavy atom. The van der Waals surface area contributed by atoms with Gasteiger partial charge in [-0.3, -0.25) is 9.69 Å². The van der Waals surface area contributed by atoms with Crippen LogP contribution in [0.4, 0.5) is 14.5 Å². The Labute approximate surface area is 169 Å². The minimum atomic E-state index is -2.58. The summed E-state index contributed by atoms with van der Waals surface area (Å²) in [6.45, 7) is 1.14. The SMILES string of the molecule is COc1cc(N)c(Cl)cc1C(=O)NCC1(N2CCC(F)(F)CC2)CCCCC1. The Hall–Kier alpha value is -1.60. The molecule has 1 saturated carbocycles. The second-order valence-corrected chi connectivity index (χ2v) is 8.29. The van der Waals surface area contributed by atoms with Gasteiger partial charge in [-0.1, -0.05) is 30.9 Å². The third-order valence-corrected chi connectivity index (χ3v) is 6.42. The molecule has 3 N–H and O–H groups in total. The standard InChI is InChI=1S/C20H28ClF2N3O2/c1-28-17-12-16(24)15(21)11-14(17)18(27)25-13-19(5-3-2-4-6-19)26-9-7-20(22,23)8-10-26/h11-12H,2-10,13,24H2,1H3,(H,25,27). The van der Waals surface area contributed by atoms with Gasteiger partial charge in [0.2, 0.25) is 0 Å². The smallest absolute Gasteiger partial charge is 0.255 e. The summed E-state index contributed by atoms with van der Waals surface area (Å²) < 4.78 is 32.5. The summed E-state index contributed by atoms with van der Waals surface area (Å²) in [4.78, 5) is 15.0. The van der Waals surface area contributed by atoms with Gasteiger partial charge in [-0.15, -0.1) is 0 Å². The van der Waals surface area contributed by atoms with E-state index in [-0.39, 0.29) is 29.3 Å². The highest BCUT2D eigenvalue weighted by Gasteiger charge is 2.43. The molecule has 2 fully saturated rings. The van der Waals surface area contributed by atoms with E-state index in [0.29, 0.717) is 36.6 Å². The number of amides is 1. The number of carbonyl (C=O) groups is 1. The molecule has 2 aliphatic rings. The van der Waals surface area contributed by atoms with E-state index >= 15 is 0 Å². The van der Waals surface area contributed by atoms with Gasteiger partial charge in [-0.25, -0.2) is 8.78 Å². The summed E-state index contributed by atoms with van der Waals surface area (Å²) in [5.41, 5.74) is 6.17. The van der Waals surface area contributed by atoms with Crippen molar-refractivity contribution in [2.24, 2.45) is 0 Å². The van der Waals surface area contributed by atoms with Crippen LogP contribution in [0.25, 0.3) is 0 Å². The highest BCUT2D eigenvalue weighted by molar-refractivity contribution is 6.33. The topological polar surface area (TPSA) is 67.6 Å². The number of nitrogens with two attached hydrogens (primary N) is 1. The lowest BCUT2D eigenvalue weighted by Gasteiger charge is -2.49. The van der Waals surface area contributed by atoms with E-state index in [9.17, 15) is 13.6 Å². The van der Waals surface area contributed by atoms with Crippen LogP contribution >= 0.6 is 11.6 Å². The van der Waals surface area contributed by atoms with Gasteiger partial charge in [0.1, 0.15) is 5.75 Å². The van der Waals surface area contributed by atoms with E-state index in [2.05, 4.69) is 10.2 Å². The first kappa shape index (κ1) is 21.1. The van der Waals surface area contributed by atoms with E-state index in [0.717, 1.165) is 32.1 Å². The maximum Gasteiger partial charge on any atom is 0.255 e. The van der Waals surface area contributed by atoms with Crippen molar-refractivity contribution in [3.05, 3.63) is 22.7 Å². The van der Waals surface area contributed by atoms with Gasteiger partial charge in [0, 0.05) is 44.1 Å². The Morgan fingerprint density at radius 2 is 1.86 bits per heavy atom. The van der Waals surface area contributed by atoms with Gasteiger partial charge in [-0.05, 0) is 18.9 Å². The summed E-state index contributed by atoms with van der Waals surface area (Å²) in [6.07, 6.45) is 4.78. The molecule has 0 bridgehead atoms. The largest absolute Gasteiger partial charge is 0.496 e. The number of nitrogens with one attached hydrogen (secondary N) is 1. The molecule has 0 radical (unpaired) electrons. The molecule has 1 amide bonds. The molecule has 3 rings (SSSR count). The molecule has 156 valence electrons. The number of methoxy groups -OCH3 is 1. The number of ether oxygens (including phenoxy) is 1. The number of carbonyl (C=O) groups excluding carboxylic acids is 1. The van der Waals surface area contributed by atoms with Crippen molar-refractivity contribution in [1.82, 2.24) is 10.2 Å². The first-order valence-electron chi connectivity index (χ1n) is 9.80. The van der Waals surface area contributed by atoms with Crippen LogP contribution in [0.2, 0.25) is 5.02 Å². The fourth-order valence-electron chi connectivity index (χ4n) is 4.38. The number of piperidine rings is 1. The number of hydrogen-bond acceptors (Lipinski definition) is 4. The van der Waals surface area contributed by atoms with Crippen LogP contribution in [0.5, 0.6) is 5.75 Å². The fourth-order valence-corrected chi connectivity index (χ4v) is 4.54. The highest BCUT2D eigenvalue weighted by atomic mass is 35.5. The van der Waals surface area contributed by atoms with Crippen LogP contribution in [-0.4, -0.2) is 49.0 Å². The zero-order valence-corrected chi connectivity index (χ0v) is 17.0. The number of alkyl halides is 2. The van der Waals surface area contributed by atoms with E-state index < -0.39 is 5.92 Å². The normalized spacial score (nSPS) is 21.9. The van der Waals surface area contributed by atoms with Crippen molar-refractivity contribution in [2.75, 3.05) is 32.5 Å². The number of benzene rings is 1. The minimum absolute atomic E-state index is 0.121. The second kappa shape index (κ2) is 8.41. The van der Waals surface area contributed by atoms with Crippen LogP contribution in [0.15, 0.2) is 12.1 Å². The Balaban J connectivity index is 1.74. The quantitative estimate of drug-likeness (QED) is 0.710. The van der Waals surface area contributed by atoms with Crippen LogP contribution in [0, 0.1) is 0 Å². The molecule has 1 aromatic rings. The Morgan fingerprint density at radius 3 is 2.46 bits per heavy atom. The molecule has 28 heavy (non-hydrogen) atoms. The zero-order chi connectivity index (χ0) is 20.4. The number of nitrogens with zero attached hydrogens (tertiary/aromatic N) is 1. The molecule has 5 nitrogen and oxygen atoms in total. The summed E-state index contributed by atoms with van der Waals surface area (Å²) in [5, 5.41) is 3.29. The average molecular weight is 416 g/mol. The zero-order valence-electron chi connectivity index (χ0n) is 16.2. The molecule has 0 atom stereocenters. The molecule has 0 spiro atoms. The maximum absolute atomic E-state index is 13.6. The highest BCUT2D eigenvalue weighted by Crippen LogP contribution is 2.38. The van der Waals surface area contributed by atoms with Crippen molar-refractivity contribution in [3.8, 4) is 5.75 Å². The number of rotatable bonds is 5. The molecule has 1 saturated heterocycles. The average Bonchev–Trinajstić information content (AvgIpc) is 2.68. The lowest BCUT2D eigenvalue weighted by atomic mass is 9.79. The van der Waals surface area contributed by atoms with Crippen LogP contribution < -0.4 is 15.8 Å². The molecule has 0 aromatic heterocycles. The maximum atomic E-state index is 13.6. The molecule has 1 aromatic carbocycles. The van der Waals surface area contributed by atoms with Crippen LogP contribution in [-0.2, 0) is 0 Å². The minimum Gasteiger partial charge on any atom is -0.496 e. The molecule has 1 aliphatic carbocycles. The van der Waals surface area contributed by atoms with Crippen LogP contribution in [0.3, 0.4) is 0 Å². The number of nitrogen functional groups attached to an aromatic ring is 1. The van der Waals surface area contributed by atoms with E-state index in [1.807, 2.05) is 0 Å².